The standard InChI is InChI=1S/C16H17BrN4O5/c1-3-25-15(23)13-14(16(24)26-4-2)21(20-19-13)9-12(22)18-11-7-5-10(17)6-8-11/h5-8H,3-4,9H2,1-2H3,(H,18,22). The summed E-state index contributed by atoms with van der Waals surface area (Å²) >= 11 is 3.30. The predicted octanol–water partition coefficient (Wildman–Crippen LogP) is 2.03. The molecule has 9 nitrogen and oxygen atoms in total. The number of ether oxygens (including phenoxy) is 2. The Morgan fingerprint density at radius 2 is 1.69 bits per heavy atom. The van der Waals surface area contributed by atoms with E-state index in [9.17, 15) is 14.4 Å². The zero-order valence-corrected chi connectivity index (χ0v) is 15.8. The molecular formula is C16H17BrN4O5. The van der Waals surface area contributed by atoms with Crippen molar-refractivity contribution in [3.8, 4) is 0 Å². The highest BCUT2D eigenvalue weighted by atomic mass is 79.9. The van der Waals surface area contributed by atoms with Crippen molar-refractivity contribution >= 4 is 39.5 Å². The van der Waals surface area contributed by atoms with E-state index in [1.54, 1.807) is 38.1 Å². The molecule has 138 valence electrons. The van der Waals surface area contributed by atoms with Crippen LogP contribution in [0.5, 0.6) is 0 Å². The quantitative estimate of drug-likeness (QED) is 0.676. The van der Waals surface area contributed by atoms with Crippen LogP contribution in [0.1, 0.15) is 34.8 Å². The van der Waals surface area contributed by atoms with Gasteiger partial charge in [-0.15, -0.1) is 5.10 Å². The van der Waals surface area contributed by atoms with E-state index in [4.69, 9.17) is 9.47 Å². The van der Waals surface area contributed by atoms with Crippen molar-refractivity contribution in [3.05, 3.63) is 40.1 Å². The second-order valence-electron chi connectivity index (χ2n) is 4.94. The molecule has 0 bridgehead atoms. The number of halogens is 1. The smallest absolute Gasteiger partial charge is 0.361 e. The molecule has 1 N–H and O–H groups in total. The highest BCUT2D eigenvalue weighted by Crippen LogP contribution is 2.15. The molecule has 1 amide bonds. The van der Waals surface area contributed by atoms with Crippen LogP contribution in [0.15, 0.2) is 28.7 Å². The van der Waals surface area contributed by atoms with Gasteiger partial charge in [0.1, 0.15) is 6.54 Å². The summed E-state index contributed by atoms with van der Waals surface area (Å²) in [5.74, 6) is -2.06. The molecule has 1 aromatic heterocycles. The molecule has 0 aliphatic carbocycles. The van der Waals surface area contributed by atoms with Gasteiger partial charge >= 0.3 is 11.9 Å². The lowest BCUT2D eigenvalue weighted by Crippen LogP contribution is -2.24. The molecule has 0 radical (unpaired) electrons. The number of rotatable bonds is 7. The Bertz CT molecular complexity index is 803. The Labute approximate surface area is 157 Å². The number of hydrogen-bond acceptors (Lipinski definition) is 7. The number of aromatic nitrogens is 3. The Kier molecular flexibility index (Phi) is 6.84. The Hall–Kier alpha value is -2.75. The van der Waals surface area contributed by atoms with Crippen molar-refractivity contribution in [2.75, 3.05) is 18.5 Å². The third-order valence-electron chi connectivity index (χ3n) is 3.09. The summed E-state index contributed by atoms with van der Waals surface area (Å²) < 4.78 is 11.7. The monoisotopic (exact) mass is 424 g/mol. The lowest BCUT2D eigenvalue weighted by atomic mass is 10.3. The van der Waals surface area contributed by atoms with Gasteiger partial charge in [-0.05, 0) is 38.1 Å². The number of nitrogens with one attached hydrogen (secondary N) is 1. The van der Waals surface area contributed by atoms with E-state index in [1.807, 2.05) is 0 Å². The normalized spacial score (nSPS) is 10.3. The summed E-state index contributed by atoms with van der Waals surface area (Å²) in [4.78, 5) is 36.3. The molecule has 0 aliphatic rings. The number of esters is 2. The van der Waals surface area contributed by atoms with Gasteiger partial charge < -0.3 is 14.8 Å². The van der Waals surface area contributed by atoms with Crippen LogP contribution >= 0.6 is 15.9 Å². The van der Waals surface area contributed by atoms with Crippen LogP contribution in [0.3, 0.4) is 0 Å². The average molecular weight is 425 g/mol. The highest BCUT2D eigenvalue weighted by molar-refractivity contribution is 9.10. The Balaban J connectivity index is 2.21. The van der Waals surface area contributed by atoms with E-state index in [-0.39, 0.29) is 31.1 Å². The minimum atomic E-state index is -0.810. The fourth-order valence-corrected chi connectivity index (χ4v) is 2.30. The second kappa shape index (κ2) is 9.09. The summed E-state index contributed by atoms with van der Waals surface area (Å²) in [5.41, 5.74) is 0.0552. The van der Waals surface area contributed by atoms with Crippen LogP contribution in [-0.2, 0) is 20.8 Å². The lowest BCUT2D eigenvalue weighted by Gasteiger charge is -2.08. The molecule has 1 heterocycles. The van der Waals surface area contributed by atoms with E-state index < -0.39 is 17.8 Å². The number of benzene rings is 1. The topological polar surface area (TPSA) is 112 Å². The van der Waals surface area contributed by atoms with Crippen LogP contribution in [0.2, 0.25) is 0 Å². The molecule has 0 saturated carbocycles. The zero-order valence-electron chi connectivity index (χ0n) is 14.2. The number of nitrogens with zero attached hydrogens (tertiary/aromatic N) is 3. The molecule has 0 spiro atoms. The average Bonchev–Trinajstić information content (AvgIpc) is 3.01. The van der Waals surface area contributed by atoms with Gasteiger partial charge in [0.05, 0.1) is 13.2 Å². The number of anilines is 1. The molecule has 1 aromatic carbocycles. The maximum atomic E-state index is 12.2. The van der Waals surface area contributed by atoms with Gasteiger partial charge in [-0.25, -0.2) is 14.3 Å². The fraction of sp³-hybridized carbons (Fsp3) is 0.312. The van der Waals surface area contributed by atoms with Crippen LogP contribution < -0.4 is 5.32 Å². The molecule has 0 saturated heterocycles. The molecule has 0 atom stereocenters. The number of carbonyl (C=O) groups is 3. The molecule has 0 unspecified atom stereocenters. The Morgan fingerprint density at radius 3 is 2.31 bits per heavy atom. The van der Waals surface area contributed by atoms with Crippen LogP contribution in [0.4, 0.5) is 5.69 Å². The molecule has 2 aromatic rings. The van der Waals surface area contributed by atoms with Crippen molar-refractivity contribution < 1.29 is 23.9 Å². The van der Waals surface area contributed by atoms with Crippen molar-refractivity contribution in [1.82, 2.24) is 15.0 Å². The van der Waals surface area contributed by atoms with Gasteiger partial charge in [0.25, 0.3) is 0 Å². The van der Waals surface area contributed by atoms with Gasteiger partial charge in [0, 0.05) is 10.2 Å². The van der Waals surface area contributed by atoms with Crippen LogP contribution in [0.25, 0.3) is 0 Å². The minimum absolute atomic E-state index is 0.0946. The van der Waals surface area contributed by atoms with Gasteiger partial charge in [-0.2, -0.15) is 0 Å². The largest absolute Gasteiger partial charge is 0.461 e. The van der Waals surface area contributed by atoms with Crippen molar-refractivity contribution in [1.29, 1.82) is 0 Å². The van der Waals surface area contributed by atoms with E-state index in [1.165, 1.54) is 0 Å². The third kappa shape index (κ3) is 4.88. The second-order valence-corrected chi connectivity index (χ2v) is 5.86. The van der Waals surface area contributed by atoms with Gasteiger partial charge in [-0.1, -0.05) is 21.1 Å². The molecule has 2 rings (SSSR count). The van der Waals surface area contributed by atoms with Crippen molar-refractivity contribution in [3.63, 3.8) is 0 Å². The molecule has 0 fully saturated rings. The number of hydrogen-bond donors (Lipinski definition) is 1. The van der Waals surface area contributed by atoms with Gasteiger partial charge in [0.2, 0.25) is 11.6 Å². The molecule has 10 heteroatoms. The van der Waals surface area contributed by atoms with E-state index in [0.717, 1.165) is 9.15 Å². The Morgan fingerprint density at radius 1 is 1.08 bits per heavy atom. The van der Waals surface area contributed by atoms with Crippen LogP contribution in [-0.4, -0.2) is 46.1 Å². The first-order chi connectivity index (χ1) is 12.5. The molecule has 0 aliphatic heterocycles. The lowest BCUT2D eigenvalue weighted by molar-refractivity contribution is -0.116. The SMILES string of the molecule is CCOC(=O)c1nnn(CC(=O)Nc2ccc(Br)cc2)c1C(=O)OCC. The first-order valence-electron chi connectivity index (χ1n) is 7.79. The van der Waals surface area contributed by atoms with Crippen LogP contribution in [0, 0.1) is 0 Å². The van der Waals surface area contributed by atoms with E-state index in [2.05, 4.69) is 31.6 Å². The fourth-order valence-electron chi connectivity index (χ4n) is 2.03. The minimum Gasteiger partial charge on any atom is -0.461 e. The van der Waals surface area contributed by atoms with E-state index in [0.29, 0.717) is 5.69 Å². The summed E-state index contributed by atoms with van der Waals surface area (Å²) in [6, 6.07) is 6.96. The molecular weight excluding hydrogens is 408 g/mol. The number of carbonyl (C=O) groups excluding carboxylic acids is 3. The summed E-state index contributed by atoms with van der Waals surface area (Å²) in [5, 5.41) is 10.0. The van der Waals surface area contributed by atoms with Crippen molar-refractivity contribution in [2.24, 2.45) is 0 Å². The van der Waals surface area contributed by atoms with Gasteiger partial charge in [0.15, 0.2) is 5.69 Å². The first kappa shape index (κ1) is 19.6. The maximum Gasteiger partial charge on any atom is 0.361 e. The predicted molar refractivity (Wildman–Crippen MR) is 94.7 cm³/mol. The maximum absolute atomic E-state index is 12.2. The third-order valence-corrected chi connectivity index (χ3v) is 3.62. The summed E-state index contributed by atoms with van der Waals surface area (Å²) in [7, 11) is 0. The highest BCUT2D eigenvalue weighted by Gasteiger charge is 2.28. The van der Waals surface area contributed by atoms with Crippen molar-refractivity contribution in [2.45, 2.75) is 20.4 Å². The first-order valence-corrected chi connectivity index (χ1v) is 8.58. The van der Waals surface area contributed by atoms with E-state index >= 15 is 0 Å². The zero-order chi connectivity index (χ0) is 19.1. The summed E-state index contributed by atoms with van der Waals surface area (Å²) in [6.07, 6.45) is 0. The number of amides is 1. The van der Waals surface area contributed by atoms with Gasteiger partial charge in [-0.3, -0.25) is 4.79 Å². The molecule has 26 heavy (non-hydrogen) atoms. The summed E-state index contributed by atoms with van der Waals surface area (Å²) in [6.45, 7) is 3.13.